The van der Waals surface area contributed by atoms with E-state index in [-0.39, 0.29) is 6.61 Å². The number of pyridine rings is 1. The predicted molar refractivity (Wildman–Crippen MR) is 108 cm³/mol. The number of nitrogens with zero attached hydrogens (tertiary/aromatic N) is 2. The van der Waals surface area contributed by atoms with E-state index in [1.807, 2.05) is 43.3 Å². The molecule has 0 radical (unpaired) electrons. The molecule has 0 saturated heterocycles. The molecule has 0 aliphatic carbocycles. The Labute approximate surface area is 167 Å². The highest BCUT2D eigenvalue weighted by atomic mass is 32.1. The number of rotatable bonds is 7. The number of aromatic nitrogens is 2. The summed E-state index contributed by atoms with van der Waals surface area (Å²) >= 11 is 1.56. The van der Waals surface area contributed by atoms with Crippen molar-refractivity contribution in [3.05, 3.63) is 71.1 Å². The molecule has 2 heterocycles. The van der Waals surface area contributed by atoms with Crippen molar-refractivity contribution in [2.75, 3.05) is 14.2 Å². The molecule has 0 bridgehead atoms. The third-order valence-electron chi connectivity index (χ3n) is 3.99. The molecule has 7 heteroatoms. The van der Waals surface area contributed by atoms with Gasteiger partial charge in [0.2, 0.25) is 5.88 Å². The molecule has 0 fully saturated rings. The van der Waals surface area contributed by atoms with Crippen molar-refractivity contribution in [3.8, 4) is 16.5 Å². The monoisotopic (exact) mass is 396 g/mol. The van der Waals surface area contributed by atoms with E-state index >= 15 is 0 Å². The quantitative estimate of drug-likeness (QED) is 0.338. The predicted octanol–water partition coefficient (Wildman–Crippen LogP) is 4.25. The number of carbonyl (C=O) groups excluding carboxylic acids is 1. The SMILES string of the molecule is COC=C(C(=O)OC)c1ccccc1COc1nc(-c2ccncc2)sc1C. The molecule has 0 N–H and O–H groups in total. The number of thiazole rings is 1. The summed E-state index contributed by atoms with van der Waals surface area (Å²) in [7, 11) is 2.82. The van der Waals surface area contributed by atoms with Crippen LogP contribution in [0.25, 0.3) is 16.1 Å². The van der Waals surface area contributed by atoms with E-state index in [2.05, 4.69) is 9.97 Å². The summed E-state index contributed by atoms with van der Waals surface area (Å²) in [6.45, 7) is 2.23. The van der Waals surface area contributed by atoms with Crippen molar-refractivity contribution < 1.29 is 19.0 Å². The lowest BCUT2D eigenvalue weighted by atomic mass is 10.0. The summed E-state index contributed by atoms with van der Waals surface area (Å²) in [5.41, 5.74) is 2.85. The minimum atomic E-state index is -0.473. The molecule has 0 aliphatic heterocycles. The summed E-state index contributed by atoms with van der Waals surface area (Å²) < 4.78 is 15.9. The highest BCUT2D eigenvalue weighted by molar-refractivity contribution is 7.15. The van der Waals surface area contributed by atoms with E-state index in [4.69, 9.17) is 14.2 Å². The summed E-state index contributed by atoms with van der Waals surface area (Å²) in [6.07, 6.45) is 4.85. The van der Waals surface area contributed by atoms with Crippen LogP contribution in [0.5, 0.6) is 5.88 Å². The standard InChI is InChI=1S/C21H20N2O4S/c1-14-19(23-20(28-14)15-8-10-22-11-9-15)27-12-16-6-4-5-7-17(16)18(13-25-2)21(24)26-3/h4-11,13H,12H2,1-3H3. The van der Waals surface area contributed by atoms with Gasteiger partial charge in [-0.15, -0.1) is 11.3 Å². The van der Waals surface area contributed by atoms with E-state index in [0.717, 1.165) is 21.0 Å². The fourth-order valence-corrected chi connectivity index (χ4v) is 3.50. The Kier molecular flexibility index (Phi) is 6.39. The van der Waals surface area contributed by atoms with E-state index in [1.165, 1.54) is 20.5 Å². The molecule has 6 nitrogen and oxygen atoms in total. The highest BCUT2D eigenvalue weighted by Gasteiger charge is 2.18. The van der Waals surface area contributed by atoms with Gasteiger partial charge < -0.3 is 14.2 Å². The van der Waals surface area contributed by atoms with Gasteiger partial charge in [-0.05, 0) is 30.2 Å². The smallest absolute Gasteiger partial charge is 0.341 e. The Bertz CT molecular complexity index is 983. The van der Waals surface area contributed by atoms with Crippen LogP contribution < -0.4 is 4.74 Å². The van der Waals surface area contributed by atoms with Crippen LogP contribution >= 0.6 is 11.3 Å². The number of hydrogen-bond acceptors (Lipinski definition) is 7. The first-order valence-electron chi connectivity index (χ1n) is 8.54. The van der Waals surface area contributed by atoms with Gasteiger partial charge in [0.05, 0.1) is 25.4 Å². The molecule has 0 amide bonds. The number of hydrogen-bond donors (Lipinski definition) is 0. The summed E-state index contributed by atoms with van der Waals surface area (Å²) in [5.74, 6) is 0.0982. The number of carbonyl (C=O) groups is 1. The molecule has 28 heavy (non-hydrogen) atoms. The van der Waals surface area contributed by atoms with Gasteiger partial charge in [0.1, 0.15) is 17.2 Å². The van der Waals surface area contributed by atoms with E-state index < -0.39 is 5.97 Å². The summed E-state index contributed by atoms with van der Waals surface area (Å²) in [6, 6.07) is 11.3. The van der Waals surface area contributed by atoms with Crippen molar-refractivity contribution in [2.24, 2.45) is 0 Å². The molecule has 0 saturated carbocycles. The molecule has 144 valence electrons. The molecule has 3 rings (SSSR count). The molecule has 0 aliphatic rings. The normalized spacial score (nSPS) is 11.2. The maximum absolute atomic E-state index is 12.1. The average molecular weight is 396 g/mol. The van der Waals surface area contributed by atoms with E-state index in [0.29, 0.717) is 17.0 Å². The van der Waals surface area contributed by atoms with Gasteiger partial charge in [0.15, 0.2) is 0 Å². The van der Waals surface area contributed by atoms with Gasteiger partial charge in [-0.2, -0.15) is 0 Å². The van der Waals surface area contributed by atoms with Crippen LogP contribution in [0.4, 0.5) is 0 Å². The van der Waals surface area contributed by atoms with Gasteiger partial charge in [-0.3, -0.25) is 4.98 Å². The molecule has 0 spiro atoms. The van der Waals surface area contributed by atoms with Crippen molar-refractivity contribution in [1.82, 2.24) is 9.97 Å². The van der Waals surface area contributed by atoms with Crippen molar-refractivity contribution in [1.29, 1.82) is 0 Å². The fraction of sp³-hybridized carbons (Fsp3) is 0.190. The maximum atomic E-state index is 12.1. The van der Waals surface area contributed by atoms with Crippen molar-refractivity contribution >= 4 is 22.9 Å². The van der Waals surface area contributed by atoms with Gasteiger partial charge in [-0.1, -0.05) is 24.3 Å². The lowest BCUT2D eigenvalue weighted by Crippen LogP contribution is -2.08. The Morgan fingerprint density at radius 2 is 1.89 bits per heavy atom. The first-order valence-corrected chi connectivity index (χ1v) is 9.36. The highest BCUT2D eigenvalue weighted by Crippen LogP contribution is 2.32. The van der Waals surface area contributed by atoms with Crippen LogP contribution in [0.2, 0.25) is 0 Å². The molecule has 3 aromatic rings. The zero-order valence-electron chi connectivity index (χ0n) is 15.8. The Morgan fingerprint density at radius 1 is 1.14 bits per heavy atom. The fourth-order valence-electron chi connectivity index (χ4n) is 2.64. The minimum absolute atomic E-state index is 0.259. The van der Waals surface area contributed by atoms with Crippen molar-refractivity contribution in [2.45, 2.75) is 13.5 Å². The zero-order valence-corrected chi connectivity index (χ0v) is 16.7. The lowest BCUT2D eigenvalue weighted by molar-refractivity contribution is -0.133. The third-order valence-corrected chi connectivity index (χ3v) is 5.00. The first-order chi connectivity index (χ1) is 13.6. The Balaban J connectivity index is 1.84. The van der Waals surface area contributed by atoms with Crippen LogP contribution in [-0.4, -0.2) is 30.2 Å². The van der Waals surface area contributed by atoms with Crippen molar-refractivity contribution in [3.63, 3.8) is 0 Å². The summed E-state index contributed by atoms with van der Waals surface area (Å²) in [4.78, 5) is 21.7. The summed E-state index contributed by atoms with van der Waals surface area (Å²) in [5, 5.41) is 0.873. The number of aryl methyl sites for hydroxylation is 1. The number of benzene rings is 1. The second-order valence-corrected chi connectivity index (χ2v) is 7.02. The van der Waals surface area contributed by atoms with Gasteiger partial charge in [-0.25, -0.2) is 9.78 Å². The number of ether oxygens (including phenoxy) is 3. The van der Waals surface area contributed by atoms with Gasteiger partial charge >= 0.3 is 5.97 Å². The van der Waals surface area contributed by atoms with Crippen LogP contribution in [-0.2, 0) is 20.9 Å². The van der Waals surface area contributed by atoms with Crippen LogP contribution in [0, 0.1) is 6.92 Å². The van der Waals surface area contributed by atoms with E-state index in [9.17, 15) is 4.79 Å². The largest absolute Gasteiger partial charge is 0.503 e. The zero-order chi connectivity index (χ0) is 19.9. The minimum Gasteiger partial charge on any atom is -0.503 e. The topological polar surface area (TPSA) is 70.5 Å². The molecular weight excluding hydrogens is 376 g/mol. The molecular formula is C21H20N2O4S. The Morgan fingerprint density at radius 3 is 2.61 bits per heavy atom. The van der Waals surface area contributed by atoms with Crippen LogP contribution in [0.15, 0.2) is 55.1 Å². The van der Waals surface area contributed by atoms with Gasteiger partial charge in [0.25, 0.3) is 0 Å². The number of esters is 1. The third kappa shape index (κ3) is 4.37. The maximum Gasteiger partial charge on any atom is 0.341 e. The number of methoxy groups -OCH3 is 2. The average Bonchev–Trinajstić information content (AvgIpc) is 3.11. The molecule has 0 unspecified atom stereocenters. The molecule has 2 aromatic heterocycles. The van der Waals surface area contributed by atoms with Crippen LogP contribution in [0.3, 0.4) is 0 Å². The molecule has 1 aromatic carbocycles. The van der Waals surface area contributed by atoms with E-state index in [1.54, 1.807) is 23.7 Å². The lowest BCUT2D eigenvalue weighted by Gasteiger charge is -2.12. The van der Waals surface area contributed by atoms with Gasteiger partial charge in [0, 0.05) is 18.0 Å². The van der Waals surface area contributed by atoms with Crippen LogP contribution in [0.1, 0.15) is 16.0 Å². The second kappa shape index (κ2) is 9.14. The second-order valence-electron chi connectivity index (χ2n) is 5.82. The Hall–Kier alpha value is -3.19. The first kappa shape index (κ1) is 19.6. The molecule has 0 atom stereocenters.